The quantitative estimate of drug-likeness (QED) is 0.668. The molecule has 0 saturated carbocycles. The number of nitrogens with one attached hydrogen (secondary N) is 1. The van der Waals surface area contributed by atoms with Gasteiger partial charge in [-0.05, 0) is 18.4 Å². The van der Waals surface area contributed by atoms with Crippen molar-refractivity contribution < 1.29 is 14.3 Å². The topological polar surface area (TPSA) is 65.4 Å². The second-order valence-corrected chi connectivity index (χ2v) is 7.69. The monoisotopic (exact) mass is 417 g/mol. The van der Waals surface area contributed by atoms with Crippen molar-refractivity contribution >= 4 is 46.0 Å². The molecule has 2 aromatic carbocycles. The molecule has 0 bridgehead atoms. The summed E-state index contributed by atoms with van der Waals surface area (Å²) in [6.07, 6.45) is 2.82. The molecule has 1 amide bonds. The Morgan fingerprint density at radius 2 is 2.00 bits per heavy atom. The second kappa shape index (κ2) is 8.32. The lowest BCUT2D eigenvalue weighted by Crippen LogP contribution is -2.20. The number of carbonyl (C=O) groups is 1. The zero-order valence-corrected chi connectivity index (χ0v) is 17.0. The Morgan fingerprint density at radius 1 is 1.25 bits per heavy atom. The van der Waals surface area contributed by atoms with Crippen LogP contribution in [0.25, 0.3) is 11.0 Å². The van der Waals surface area contributed by atoms with E-state index in [0.29, 0.717) is 35.4 Å². The molecule has 1 aliphatic rings. The van der Waals surface area contributed by atoms with E-state index in [4.69, 9.17) is 21.1 Å². The number of thioether (sulfide) groups is 1. The first kappa shape index (κ1) is 19.0. The third kappa shape index (κ3) is 3.91. The summed E-state index contributed by atoms with van der Waals surface area (Å²) < 4.78 is 13.3. The number of hydrogen-bond donors (Lipinski definition) is 1. The first-order chi connectivity index (χ1) is 13.7. The summed E-state index contributed by atoms with van der Waals surface area (Å²) in [5.74, 6) is 2.61. The van der Waals surface area contributed by atoms with E-state index in [1.807, 2.05) is 35.1 Å². The van der Waals surface area contributed by atoms with Gasteiger partial charge in [-0.25, -0.2) is 4.98 Å². The van der Waals surface area contributed by atoms with Gasteiger partial charge in [0.15, 0.2) is 11.5 Å². The molecule has 2 heterocycles. The number of ether oxygens (including phenoxy) is 2. The zero-order valence-electron chi connectivity index (χ0n) is 15.4. The summed E-state index contributed by atoms with van der Waals surface area (Å²) in [5, 5.41) is 3.31. The fraction of sp³-hybridized carbons (Fsp3) is 0.300. The van der Waals surface area contributed by atoms with E-state index in [2.05, 4.69) is 10.3 Å². The van der Waals surface area contributed by atoms with Crippen LogP contribution in [0, 0.1) is 0 Å². The molecule has 1 aliphatic heterocycles. The molecule has 0 fully saturated rings. The van der Waals surface area contributed by atoms with Crippen LogP contribution < -0.4 is 14.8 Å². The number of aromatic nitrogens is 2. The minimum absolute atomic E-state index is 0.154. The lowest BCUT2D eigenvalue weighted by molar-refractivity contribution is -0.116. The fourth-order valence-electron chi connectivity index (χ4n) is 3.15. The SMILES string of the molecule is CSCc1nc2ccccc2n1CC(=O)Nc1cc2c(cc1Cl)OCCCO2. The summed E-state index contributed by atoms with van der Waals surface area (Å²) >= 11 is 8.01. The Labute approximate surface area is 172 Å². The third-order valence-electron chi connectivity index (χ3n) is 4.42. The molecule has 0 aliphatic carbocycles. The van der Waals surface area contributed by atoms with Gasteiger partial charge in [0.05, 0.1) is 40.7 Å². The number of anilines is 1. The van der Waals surface area contributed by atoms with Gasteiger partial charge in [-0.3, -0.25) is 4.79 Å². The number of nitrogens with zero attached hydrogens (tertiary/aromatic N) is 2. The zero-order chi connectivity index (χ0) is 19.5. The molecule has 146 valence electrons. The average molecular weight is 418 g/mol. The maximum absolute atomic E-state index is 12.8. The number of hydrogen-bond acceptors (Lipinski definition) is 5. The van der Waals surface area contributed by atoms with Crippen molar-refractivity contribution in [3.05, 3.63) is 47.2 Å². The van der Waals surface area contributed by atoms with Crippen molar-refractivity contribution in [1.29, 1.82) is 0 Å². The van der Waals surface area contributed by atoms with Crippen LogP contribution in [0.1, 0.15) is 12.2 Å². The van der Waals surface area contributed by atoms with E-state index >= 15 is 0 Å². The van der Waals surface area contributed by atoms with Crippen LogP contribution in [0.4, 0.5) is 5.69 Å². The molecule has 6 nitrogen and oxygen atoms in total. The molecule has 1 aromatic heterocycles. The largest absolute Gasteiger partial charge is 0.490 e. The first-order valence-electron chi connectivity index (χ1n) is 8.98. The smallest absolute Gasteiger partial charge is 0.244 e. The summed E-state index contributed by atoms with van der Waals surface area (Å²) in [6, 6.07) is 11.2. The molecule has 1 N–H and O–H groups in total. The van der Waals surface area contributed by atoms with E-state index in [1.165, 1.54) is 0 Å². The molecule has 0 unspecified atom stereocenters. The summed E-state index contributed by atoms with van der Waals surface area (Å²) in [4.78, 5) is 17.4. The van der Waals surface area contributed by atoms with Crippen LogP contribution in [0.2, 0.25) is 5.02 Å². The van der Waals surface area contributed by atoms with Crippen molar-refractivity contribution in [1.82, 2.24) is 9.55 Å². The number of imidazole rings is 1. The minimum atomic E-state index is -0.179. The summed E-state index contributed by atoms with van der Waals surface area (Å²) in [6.45, 7) is 1.31. The first-order valence-corrected chi connectivity index (χ1v) is 10.7. The van der Waals surface area contributed by atoms with Gasteiger partial charge >= 0.3 is 0 Å². The van der Waals surface area contributed by atoms with Gasteiger partial charge in [0.1, 0.15) is 12.4 Å². The highest BCUT2D eigenvalue weighted by Gasteiger charge is 2.17. The van der Waals surface area contributed by atoms with Crippen LogP contribution in [0.15, 0.2) is 36.4 Å². The predicted octanol–water partition coefficient (Wildman–Crippen LogP) is 4.35. The molecule has 28 heavy (non-hydrogen) atoms. The molecule has 0 radical (unpaired) electrons. The molecule has 8 heteroatoms. The van der Waals surface area contributed by atoms with Gasteiger partial charge in [-0.15, -0.1) is 0 Å². The maximum Gasteiger partial charge on any atom is 0.244 e. The van der Waals surface area contributed by atoms with Gasteiger partial charge in [0, 0.05) is 18.6 Å². The number of benzene rings is 2. The minimum Gasteiger partial charge on any atom is -0.490 e. The third-order valence-corrected chi connectivity index (χ3v) is 5.28. The molecule has 0 atom stereocenters. The standard InChI is InChI=1S/C20H20ClN3O3S/c1-28-12-19-22-14-5-2-3-6-16(14)24(19)11-20(25)23-15-10-18-17(9-13(15)21)26-7-4-8-27-18/h2-3,5-6,9-10H,4,7-8,11-12H2,1H3,(H,23,25). The highest BCUT2D eigenvalue weighted by atomic mass is 35.5. The molecule has 4 rings (SSSR count). The van der Waals surface area contributed by atoms with Crippen LogP contribution in [0.3, 0.4) is 0 Å². The number of carbonyl (C=O) groups excluding carboxylic acids is 1. The molecular weight excluding hydrogens is 398 g/mol. The van der Waals surface area contributed by atoms with E-state index in [9.17, 15) is 4.79 Å². The van der Waals surface area contributed by atoms with Crippen molar-refractivity contribution in [2.75, 3.05) is 24.8 Å². The Morgan fingerprint density at radius 3 is 2.79 bits per heavy atom. The maximum atomic E-state index is 12.8. The van der Waals surface area contributed by atoms with Crippen LogP contribution in [-0.2, 0) is 17.1 Å². The van der Waals surface area contributed by atoms with Crippen LogP contribution in [-0.4, -0.2) is 34.9 Å². The number of amides is 1. The molecule has 3 aromatic rings. The van der Waals surface area contributed by atoms with Crippen LogP contribution >= 0.6 is 23.4 Å². The lowest BCUT2D eigenvalue weighted by atomic mass is 10.2. The Kier molecular flexibility index (Phi) is 5.64. The summed E-state index contributed by atoms with van der Waals surface area (Å²) in [7, 11) is 0. The van der Waals surface area contributed by atoms with Gasteiger partial charge < -0.3 is 19.4 Å². The van der Waals surface area contributed by atoms with E-state index in [1.54, 1.807) is 23.9 Å². The number of halogens is 1. The normalized spacial score (nSPS) is 13.4. The predicted molar refractivity (Wildman–Crippen MR) is 113 cm³/mol. The number of fused-ring (bicyclic) bond motifs is 2. The van der Waals surface area contributed by atoms with E-state index in [0.717, 1.165) is 29.0 Å². The second-order valence-electron chi connectivity index (χ2n) is 6.41. The number of rotatable bonds is 5. The van der Waals surface area contributed by atoms with Crippen molar-refractivity contribution in [3.63, 3.8) is 0 Å². The Bertz CT molecular complexity index is 1020. The van der Waals surface area contributed by atoms with Gasteiger partial charge in [0.2, 0.25) is 5.91 Å². The van der Waals surface area contributed by atoms with Crippen molar-refractivity contribution in [2.45, 2.75) is 18.7 Å². The van der Waals surface area contributed by atoms with Gasteiger partial charge in [-0.1, -0.05) is 23.7 Å². The number of para-hydroxylation sites is 2. The Balaban J connectivity index is 1.58. The average Bonchev–Trinajstić information content (AvgIpc) is 2.85. The summed E-state index contributed by atoms with van der Waals surface area (Å²) in [5.41, 5.74) is 2.33. The van der Waals surface area contributed by atoms with Crippen LogP contribution in [0.5, 0.6) is 11.5 Å². The molecule has 0 saturated heterocycles. The van der Waals surface area contributed by atoms with Crippen molar-refractivity contribution in [3.8, 4) is 11.5 Å². The van der Waals surface area contributed by atoms with E-state index < -0.39 is 0 Å². The van der Waals surface area contributed by atoms with Gasteiger partial charge in [-0.2, -0.15) is 11.8 Å². The Hall–Kier alpha value is -2.38. The van der Waals surface area contributed by atoms with Gasteiger partial charge in [0.25, 0.3) is 0 Å². The van der Waals surface area contributed by atoms with E-state index in [-0.39, 0.29) is 12.5 Å². The molecular formula is C20H20ClN3O3S. The fourth-order valence-corrected chi connectivity index (χ4v) is 3.83. The van der Waals surface area contributed by atoms with Crippen molar-refractivity contribution in [2.24, 2.45) is 0 Å². The lowest BCUT2D eigenvalue weighted by Gasteiger charge is -2.13. The highest BCUT2D eigenvalue weighted by Crippen LogP contribution is 2.37. The molecule has 0 spiro atoms. The highest BCUT2D eigenvalue weighted by molar-refractivity contribution is 7.97.